The predicted octanol–water partition coefficient (Wildman–Crippen LogP) is 3.30. The zero-order valence-corrected chi connectivity index (χ0v) is 15.3. The molecule has 0 bridgehead atoms. The zero-order valence-electron chi connectivity index (χ0n) is 15.3. The van der Waals surface area contributed by atoms with Gasteiger partial charge in [0.25, 0.3) is 0 Å². The Bertz CT molecular complexity index is 903. The number of halogens is 2. The van der Waals surface area contributed by atoms with E-state index in [1.807, 2.05) is 0 Å². The Hall–Kier alpha value is -2.96. The van der Waals surface area contributed by atoms with Crippen molar-refractivity contribution in [2.75, 3.05) is 24.5 Å². The van der Waals surface area contributed by atoms with E-state index in [4.69, 9.17) is 0 Å². The van der Waals surface area contributed by atoms with Gasteiger partial charge in [0.05, 0.1) is 0 Å². The maximum Gasteiger partial charge on any atom is 0.317 e. The summed E-state index contributed by atoms with van der Waals surface area (Å²) in [4.78, 5) is 28.4. The van der Waals surface area contributed by atoms with Crippen LogP contribution >= 0.6 is 0 Å². The quantitative estimate of drug-likeness (QED) is 0.882. The van der Waals surface area contributed by atoms with Crippen molar-refractivity contribution in [3.8, 4) is 0 Å². The van der Waals surface area contributed by atoms with Gasteiger partial charge in [0, 0.05) is 43.7 Å². The number of nitrogens with one attached hydrogen (secondary N) is 1. The summed E-state index contributed by atoms with van der Waals surface area (Å²) in [6.07, 6.45) is 1.11. The molecule has 0 aromatic heterocycles. The first-order valence-electron chi connectivity index (χ1n) is 9.27. The number of anilines is 1. The zero-order chi connectivity index (χ0) is 19.7. The van der Waals surface area contributed by atoms with Crippen molar-refractivity contribution in [3.63, 3.8) is 0 Å². The maximum absolute atomic E-state index is 13.2. The van der Waals surface area contributed by atoms with E-state index in [0.29, 0.717) is 37.3 Å². The van der Waals surface area contributed by atoms with E-state index in [2.05, 4.69) is 5.32 Å². The first kappa shape index (κ1) is 18.4. The number of rotatable bonds is 3. The third-order valence-corrected chi connectivity index (χ3v) is 5.52. The Morgan fingerprint density at radius 1 is 1.07 bits per heavy atom. The second-order valence-corrected chi connectivity index (χ2v) is 7.59. The standard InChI is InChI=1S/C21H21F2N3O2/c22-16-4-6-18(7-5-16)26-14-21(11-19(26)27)8-9-25(13-21)20(28)24-12-15-2-1-3-17(23)10-15/h1-7,10H,8-9,11-14H2,(H,24,28). The minimum atomic E-state index is -0.341. The third kappa shape index (κ3) is 3.69. The highest BCUT2D eigenvalue weighted by Crippen LogP contribution is 2.41. The van der Waals surface area contributed by atoms with E-state index in [9.17, 15) is 18.4 Å². The summed E-state index contributed by atoms with van der Waals surface area (Å²) in [5, 5.41) is 2.81. The van der Waals surface area contributed by atoms with Crippen molar-refractivity contribution in [1.29, 1.82) is 0 Å². The van der Waals surface area contributed by atoms with Crippen LogP contribution in [0.15, 0.2) is 48.5 Å². The van der Waals surface area contributed by atoms with Crippen LogP contribution in [0.1, 0.15) is 18.4 Å². The summed E-state index contributed by atoms with van der Waals surface area (Å²) in [5.41, 5.74) is 1.10. The lowest BCUT2D eigenvalue weighted by Crippen LogP contribution is -2.40. The Morgan fingerprint density at radius 2 is 1.86 bits per heavy atom. The van der Waals surface area contributed by atoms with Crippen LogP contribution in [-0.4, -0.2) is 36.5 Å². The molecule has 0 aliphatic carbocycles. The van der Waals surface area contributed by atoms with E-state index >= 15 is 0 Å². The topological polar surface area (TPSA) is 52.7 Å². The molecule has 1 atom stereocenters. The second-order valence-electron chi connectivity index (χ2n) is 7.59. The molecule has 2 aromatic carbocycles. The van der Waals surface area contributed by atoms with Crippen LogP contribution in [-0.2, 0) is 11.3 Å². The molecule has 1 spiro atoms. The summed E-state index contributed by atoms with van der Waals surface area (Å²) >= 11 is 0. The van der Waals surface area contributed by atoms with Crippen LogP contribution < -0.4 is 10.2 Å². The average Bonchev–Trinajstić information content (AvgIpc) is 3.23. The van der Waals surface area contributed by atoms with Crippen LogP contribution in [0.25, 0.3) is 0 Å². The number of hydrogen-bond acceptors (Lipinski definition) is 2. The molecule has 28 heavy (non-hydrogen) atoms. The largest absolute Gasteiger partial charge is 0.334 e. The molecule has 5 nitrogen and oxygen atoms in total. The number of amides is 3. The fraction of sp³-hybridized carbons (Fsp3) is 0.333. The first-order chi connectivity index (χ1) is 13.4. The fourth-order valence-corrected chi connectivity index (χ4v) is 4.07. The highest BCUT2D eigenvalue weighted by Gasteiger charge is 2.48. The van der Waals surface area contributed by atoms with Gasteiger partial charge in [-0.05, 0) is 48.4 Å². The van der Waals surface area contributed by atoms with E-state index in [0.717, 1.165) is 6.42 Å². The first-order valence-corrected chi connectivity index (χ1v) is 9.27. The molecule has 7 heteroatoms. The minimum Gasteiger partial charge on any atom is -0.334 e. The molecule has 3 amide bonds. The molecule has 2 aliphatic heterocycles. The Morgan fingerprint density at radius 3 is 2.61 bits per heavy atom. The molecule has 4 rings (SSSR count). The van der Waals surface area contributed by atoms with Gasteiger partial charge in [0.2, 0.25) is 5.91 Å². The van der Waals surface area contributed by atoms with Crippen molar-refractivity contribution >= 4 is 17.6 Å². The summed E-state index contributed by atoms with van der Waals surface area (Å²) in [6, 6.07) is 11.8. The van der Waals surface area contributed by atoms with Gasteiger partial charge in [-0.15, -0.1) is 0 Å². The Balaban J connectivity index is 1.37. The third-order valence-electron chi connectivity index (χ3n) is 5.52. The van der Waals surface area contributed by atoms with Gasteiger partial charge in [0.15, 0.2) is 0 Å². The summed E-state index contributed by atoms with van der Waals surface area (Å²) in [7, 11) is 0. The fourth-order valence-electron chi connectivity index (χ4n) is 4.07. The van der Waals surface area contributed by atoms with Gasteiger partial charge in [0.1, 0.15) is 11.6 Å². The molecular formula is C21H21F2N3O2. The molecule has 0 saturated carbocycles. The second kappa shape index (κ2) is 7.22. The Kier molecular flexibility index (Phi) is 4.75. The highest BCUT2D eigenvalue weighted by atomic mass is 19.1. The number of carbonyl (C=O) groups is 2. The van der Waals surface area contributed by atoms with Gasteiger partial charge in [-0.2, -0.15) is 0 Å². The lowest BCUT2D eigenvalue weighted by atomic mass is 9.86. The van der Waals surface area contributed by atoms with Gasteiger partial charge in [-0.1, -0.05) is 12.1 Å². The van der Waals surface area contributed by atoms with Crippen molar-refractivity contribution in [2.24, 2.45) is 5.41 Å². The SMILES string of the molecule is O=C(NCc1cccc(F)c1)N1CCC2(CC(=O)N(c3ccc(F)cc3)C2)C1. The summed E-state index contributed by atoms with van der Waals surface area (Å²) < 4.78 is 26.4. The van der Waals surface area contributed by atoms with Crippen LogP contribution in [0.2, 0.25) is 0 Å². The molecule has 2 heterocycles. The van der Waals surface area contributed by atoms with E-state index in [1.54, 1.807) is 34.1 Å². The molecule has 2 aromatic rings. The molecular weight excluding hydrogens is 364 g/mol. The van der Waals surface area contributed by atoms with Gasteiger partial charge in [-0.3, -0.25) is 4.79 Å². The van der Waals surface area contributed by atoms with E-state index in [1.165, 1.54) is 24.3 Å². The smallest absolute Gasteiger partial charge is 0.317 e. The highest BCUT2D eigenvalue weighted by molar-refractivity contribution is 5.96. The number of benzene rings is 2. The van der Waals surface area contributed by atoms with Crippen molar-refractivity contribution < 1.29 is 18.4 Å². The maximum atomic E-state index is 13.2. The number of urea groups is 1. The Labute approximate surface area is 161 Å². The monoisotopic (exact) mass is 385 g/mol. The normalized spacial score (nSPS) is 21.6. The molecule has 0 radical (unpaired) electrons. The number of likely N-dealkylation sites (tertiary alicyclic amines) is 1. The minimum absolute atomic E-state index is 0.00590. The molecule has 1 unspecified atom stereocenters. The van der Waals surface area contributed by atoms with Crippen LogP contribution in [0.3, 0.4) is 0 Å². The van der Waals surface area contributed by atoms with Crippen molar-refractivity contribution in [1.82, 2.24) is 10.2 Å². The summed E-state index contributed by atoms with van der Waals surface area (Å²) in [5.74, 6) is -0.682. The van der Waals surface area contributed by atoms with Gasteiger partial charge >= 0.3 is 6.03 Å². The molecule has 146 valence electrons. The lowest BCUT2D eigenvalue weighted by Gasteiger charge is -2.24. The van der Waals surface area contributed by atoms with Gasteiger partial charge < -0.3 is 15.1 Å². The van der Waals surface area contributed by atoms with Crippen LogP contribution in [0.4, 0.5) is 19.3 Å². The number of hydrogen-bond donors (Lipinski definition) is 1. The number of nitrogens with zero attached hydrogens (tertiary/aromatic N) is 2. The van der Waals surface area contributed by atoms with E-state index in [-0.39, 0.29) is 35.5 Å². The van der Waals surface area contributed by atoms with Crippen LogP contribution in [0.5, 0.6) is 0 Å². The van der Waals surface area contributed by atoms with Crippen molar-refractivity contribution in [3.05, 3.63) is 65.7 Å². The van der Waals surface area contributed by atoms with E-state index < -0.39 is 0 Å². The van der Waals surface area contributed by atoms with Gasteiger partial charge in [-0.25, -0.2) is 13.6 Å². The average molecular weight is 385 g/mol. The van der Waals surface area contributed by atoms with Crippen molar-refractivity contribution in [2.45, 2.75) is 19.4 Å². The molecule has 2 aliphatic rings. The molecule has 1 N–H and O–H groups in total. The van der Waals surface area contributed by atoms with Crippen LogP contribution in [0, 0.1) is 17.0 Å². The molecule has 2 saturated heterocycles. The number of carbonyl (C=O) groups excluding carboxylic acids is 2. The summed E-state index contributed by atoms with van der Waals surface area (Å²) in [6.45, 7) is 1.83. The molecule has 2 fully saturated rings. The lowest BCUT2D eigenvalue weighted by molar-refractivity contribution is -0.117. The predicted molar refractivity (Wildman–Crippen MR) is 101 cm³/mol.